The summed E-state index contributed by atoms with van der Waals surface area (Å²) in [5.74, 6) is 2.61. The number of hydrogen-bond donors (Lipinski definition) is 1. The number of oxazole rings is 1. The Kier molecular flexibility index (Phi) is 4.68. The lowest BCUT2D eigenvalue weighted by Crippen LogP contribution is -2.24. The minimum absolute atomic E-state index is 0.00770. The van der Waals surface area contributed by atoms with Crippen LogP contribution in [0.3, 0.4) is 0 Å². The molecule has 2 aromatic rings. The molecule has 19 heavy (non-hydrogen) atoms. The van der Waals surface area contributed by atoms with Crippen LogP contribution in [0.4, 0.5) is 0 Å². The molecule has 0 aliphatic rings. The van der Waals surface area contributed by atoms with Crippen molar-refractivity contribution in [2.75, 3.05) is 18.6 Å². The van der Waals surface area contributed by atoms with Crippen LogP contribution in [-0.2, 0) is 11.3 Å². The number of methoxy groups -OCH3 is 1. The molecule has 0 saturated heterocycles. The molecular weight excluding hydrogens is 264 g/mol. The summed E-state index contributed by atoms with van der Waals surface area (Å²) in [6.07, 6.45) is 0. The first-order valence-electron chi connectivity index (χ1n) is 6.01. The van der Waals surface area contributed by atoms with Crippen molar-refractivity contribution in [1.29, 1.82) is 0 Å². The molecule has 1 N–H and O–H groups in total. The van der Waals surface area contributed by atoms with Gasteiger partial charge in [-0.2, -0.15) is 11.8 Å². The molecule has 0 bridgehead atoms. The summed E-state index contributed by atoms with van der Waals surface area (Å²) in [7, 11) is 1.60. The normalized spacial score (nSPS) is 10.6. The first kappa shape index (κ1) is 13.7. The second kappa shape index (κ2) is 6.47. The number of benzene rings is 1. The van der Waals surface area contributed by atoms with E-state index in [4.69, 9.17) is 9.15 Å². The number of thioether (sulfide) groups is 1. The van der Waals surface area contributed by atoms with Crippen molar-refractivity contribution in [2.45, 2.75) is 13.5 Å². The van der Waals surface area contributed by atoms with Gasteiger partial charge >= 0.3 is 0 Å². The molecule has 0 saturated carbocycles. The molecule has 1 aromatic heterocycles. The van der Waals surface area contributed by atoms with E-state index >= 15 is 0 Å². The maximum Gasteiger partial charge on any atom is 0.230 e. The highest BCUT2D eigenvalue weighted by molar-refractivity contribution is 7.99. The van der Waals surface area contributed by atoms with Gasteiger partial charge in [0.25, 0.3) is 0 Å². The van der Waals surface area contributed by atoms with E-state index in [1.807, 2.05) is 13.0 Å². The number of carbonyl (C=O) groups excluding carboxylic acids is 1. The Hall–Kier alpha value is -1.69. The molecule has 0 radical (unpaired) electrons. The van der Waals surface area contributed by atoms with Crippen LogP contribution in [0, 0.1) is 0 Å². The topological polar surface area (TPSA) is 64.4 Å². The van der Waals surface area contributed by atoms with Gasteiger partial charge in [-0.25, -0.2) is 4.98 Å². The largest absolute Gasteiger partial charge is 0.497 e. The minimum Gasteiger partial charge on any atom is -0.497 e. The van der Waals surface area contributed by atoms with Crippen LogP contribution in [0.15, 0.2) is 22.6 Å². The number of fused-ring (bicyclic) bond motifs is 1. The zero-order valence-corrected chi connectivity index (χ0v) is 11.8. The van der Waals surface area contributed by atoms with E-state index in [1.165, 1.54) is 0 Å². The molecule has 102 valence electrons. The van der Waals surface area contributed by atoms with E-state index in [9.17, 15) is 4.79 Å². The van der Waals surface area contributed by atoms with Crippen LogP contribution >= 0.6 is 11.8 Å². The average Bonchev–Trinajstić information content (AvgIpc) is 2.84. The highest BCUT2D eigenvalue weighted by Gasteiger charge is 2.08. The lowest BCUT2D eigenvalue weighted by molar-refractivity contribution is -0.118. The molecule has 1 heterocycles. The fourth-order valence-corrected chi connectivity index (χ4v) is 2.07. The number of hydrogen-bond acceptors (Lipinski definition) is 5. The summed E-state index contributed by atoms with van der Waals surface area (Å²) in [6, 6.07) is 5.42. The summed E-state index contributed by atoms with van der Waals surface area (Å²) in [6.45, 7) is 2.33. The third-order valence-electron chi connectivity index (χ3n) is 2.51. The Morgan fingerprint density at radius 1 is 1.53 bits per heavy atom. The van der Waals surface area contributed by atoms with E-state index in [-0.39, 0.29) is 5.91 Å². The molecule has 1 aromatic carbocycles. The predicted octanol–water partition coefficient (Wildman–Crippen LogP) is 2.21. The quantitative estimate of drug-likeness (QED) is 0.879. The van der Waals surface area contributed by atoms with Gasteiger partial charge in [0.2, 0.25) is 11.8 Å². The van der Waals surface area contributed by atoms with E-state index in [0.717, 1.165) is 17.0 Å². The maximum atomic E-state index is 11.5. The van der Waals surface area contributed by atoms with Gasteiger partial charge in [-0.15, -0.1) is 0 Å². The van der Waals surface area contributed by atoms with E-state index in [1.54, 1.807) is 31.0 Å². The predicted molar refractivity (Wildman–Crippen MR) is 75.4 cm³/mol. The van der Waals surface area contributed by atoms with Crippen molar-refractivity contribution >= 4 is 28.8 Å². The number of ether oxygens (including phenoxy) is 1. The van der Waals surface area contributed by atoms with E-state index in [0.29, 0.717) is 23.8 Å². The molecule has 0 fully saturated rings. The second-order valence-electron chi connectivity index (χ2n) is 3.86. The van der Waals surface area contributed by atoms with Crippen LogP contribution in [-0.4, -0.2) is 29.5 Å². The molecule has 5 nitrogen and oxygen atoms in total. The summed E-state index contributed by atoms with van der Waals surface area (Å²) < 4.78 is 10.7. The van der Waals surface area contributed by atoms with Crippen molar-refractivity contribution < 1.29 is 13.9 Å². The Balaban J connectivity index is 1.99. The Morgan fingerprint density at radius 3 is 3.11 bits per heavy atom. The second-order valence-corrected chi connectivity index (χ2v) is 5.13. The van der Waals surface area contributed by atoms with Crippen LogP contribution in [0.5, 0.6) is 5.75 Å². The van der Waals surface area contributed by atoms with Crippen LogP contribution in [0.25, 0.3) is 11.1 Å². The zero-order valence-electron chi connectivity index (χ0n) is 10.9. The fourth-order valence-electron chi connectivity index (χ4n) is 1.58. The van der Waals surface area contributed by atoms with Crippen LogP contribution in [0.2, 0.25) is 0 Å². The zero-order chi connectivity index (χ0) is 13.7. The van der Waals surface area contributed by atoms with Crippen molar-refractivity contribution in [3.63, 3.8) is 0 Å². The van der Waals surface area contributed by atoms with E-state index < -0.39 is 0 Å². The number of rotatable bonds is 6. The minimum atomic E-state index is -0.00770. The van der Waals surface area contributed by atoms with Crippen molar-refractivity contribution in [3.05, 3.63) is 24.1 Å². The van der Waals surface area contributed by atoms with Crippen LogP contribution in [0.1, 0.15) is 12.8 Å². The highest BCUT2D eigenvalue weighted by atomic mass is 32.2. The van der Waals surface area contributed by atoms with Crippen molar-refractivity contribution in [2.24, 2.45) is 0 Å². The molecule has 0 aliphatic heterocycles. The number of amides is 1. The van der Waals surface area contributed by atoms with Crippen LogP contribution < -0.4 is 10.1 Å². The highest BCUT2D eigenvalue weighted by Crippen LogP contribution is 2.21. The molecule has 2 rings (SSSR count). The van der Waals surface area contributed by atoms with Crippen molar-refractivity contribution in [1.82, 2.24) is 10.3 Å². The van der Waals surface area contributed by atoms with Gasteiger partial charge in [0.1, 0.15) is 11.3 Å². The summed E-state index contributed by atoms with van der Waals surface area (Å²) in [5.41, 5.74) is 1.42. The average molecular weight is 280 g/mol. The first-order chi connectivity index (χ1) is 9.22. The van der Waals surface area contributed by atoms with Gasteiger partial charge < -0.3 is 14.5 Å². The third-order valence-corrected chi connectivity index (χ3v) is 3.39. The lowest BCUT2D eigenvalue weighted by atomic mass is 10.3. The first-order valence-corrected chi connectivity index (χ1v) is 7.16. The smallest absolute Gasteiger partial charge is 0.230 e. The molecule has 1 amide bonds. The molecule has 6 heteroatoms. The molecular formula is C13H16N2O3S. The molecule has 0 aliphatic carbocycles. The molecule has 0 atom stereocenters. The number of aromatic nitrogens is 1. The molecule has 0 unspecified atom stereocenters. The van der Waals surface area contributed by atoms with Gasteiger partial charge in [-0.1, -0.05) is 6.92 Å². The number of nitrogens with zero attached hydrogens (tertiary/aromatic N) is 1. The van der Waals surface area contributed by atoms with Gasteiger partial charge in [0.15, 0.2) is 5.58 Å². The summed E-state index contributed by atoms with van der Waals surface area (Å²) >= 11 is 1.58. The fraction of sp³-hybridized carbons (Fsp3) is 0.385. The maximum absolute atomic E-state index is 11.5. The Bertz CT molecular complexity index is 568. The SMILES string of the molecule is CCSCC(=O)NCc1nc2cc(OC)ccc2o1. The van der Waals surface area contributed by atoms with Crippen molar-refractivity contribution in [3.8, 4) is 5.75 Å². The van der Waals surface area contributed by atoms with Gasteiger partial charge in [0, 0.05) is 6.07 Å². The van der Waals surface area contributed by atoms with Gasteiger partial charge in [-0.05, 0) is 17.9 Å². The van der Waals surface area contributed by atoms with E-state index in [2.05, 4.69) is 10.3 Å². The number of nitrogens with one attached hydrogen (secondary N) is 1. The van der Waals surface area contributed by atoms with Gasteiger partial charge in [0.05, 0.1) is 19.4 Å². The number of carbonyl (C=O) groups is 1. The Labute approximate surface area is 115 Å². The monoisotopic (exact) mass is 280 g/mol. The third kappa shape index (κ3) is 3.64. The summed E-state index contributed by atoms with van der Waals surface area (Å²) in [5, 5.41) is 2.78. The molecule has 0 spiro atoms. The summed E-state index contributed by atoms with van der Waals surface area (Å²) in [4.78, 5) is 15.8. The standard InChI is InChI=1S/C13H16N2O3S/c1-3-19-8-12(16)14-7-13-15-10-6-9(17-2)4-5-11(10)18-13/h4-6H,3,7-8H2,1-2H3,(H,14,16). The lowest BCUT2D eigenvalue weighted by Gasteiger charge is -2.00. The Morgan fingerprint density at radius 2 is 2.37 bits per heavy atom. The van der Waals surface area contributed by atoms with Gasteiger partial charge in [-0.3, -0.25) is 4.79 Å².